The van der Waals surface area contributed by atoms with Crippen LogP contribution in [0, 0.1) is 13.8 Å². The minimum absolute atomic E-state index is 0.278. The van der Waals surface area contributed by atoms with Crippen molar-refractivity contribution >= 4 is 33.0 Å². The summed E-state index contributed by atoms with van der Waals surface area (Å²) in [7, 11) is -3.38. The Morgan fingerprint density at radius 2 is 2.13 bits per heavy atom. The van der Waals surface area contributed by atoms with E-state index in [0.717, 1.165) is 15.6 Å². The van der Waals surface area contributed by atoms with Gasteiger partial charge in [0.2, 0.25) is 10.0 Å². The van der Waals surface area contributed by atoms with Gasteiger partial charge in [-0.1, -0.05) is 0 Å². The predicted octanol–water partition coefficient (Wildman–Crippen LogP) is 1.94. The first-order chi connectivity index (χ1) is 6.85. The summed E-state index contributed by atoms with van der Waals surface area (Å²) in [5.41, 5.74) is 0.863. The van der Waals surface area contributed by atoms with E-state index < -0.39 is 15.2 Å². The highest BCUT2D eigenvalue weighted by molar-refractivity contribution is 7.90. The molecule has 4 nitrogen and oxygen atoms in total. The van der Waals surface area contributed by atoms with Gasteiger partial charge in [-0.05, 0) is 20.8 Å². The first kappa shape index (κ1) is 12.9. The van der Waals surface area contributed by atoms with Crippen LogP contribution in [0.15, 0.2) is 0 Å². The lowest BCUT2D eigenvalue weighted by atomic mass is 10.2. The summed E-state index contributed by atoms with van der Waals surface area (Å²) in [4.78, 5) is 5.17. The van der Waals surface area contributed by atoms with Crippen LogP contribution in [0.3, 0.4) is 0 Å². The normalized spacial score (nSPS) is 14.1. The van der Waals surface area contributed by atoms with E-state index in [4.69, 9.17) is 11.6 Å². The number of rotatable bonds is 4. The average molecular weight is 269 g/mol. The molecule has 0 fully saturated rings. The fourth-order valence-electron chi connectivity index (χ4n) is 1.30. The van der Waals surface area contributed by atoms with Crippen LogP contribution in [0.25, 0.3) is 0 Å². The van der Waals surface area contributed by atoms with Crippen LogP contribution in [0.5, 0.6) is 0 Å². The molecule has 1 aromatic heterocycles. The highest BCUT2D eigenvalue weighted by Gasteiger charge is 2.18. The molecule has 0 aromatic carbocycles. The lowest BCUT2D eigenvalue weighted by Gasteiger charge is -2.11. The van der Waals surface area contributed by atoms with Crippen LogP contribution >= 0.6 is 22.9 Å². The standard InChI is InChI=1S/C8H13ClN2O2S2/c1-5-8(14-7(3)10-5)6(2)11-15(12,13)4-9/h6,11H,4H2,1-3H3. The first-order valence-corrected chi connectivity index (χ1v) is 7.36. The van der Waals surface area contributed by atoms with E-state index in [1.54, 1.807) is 6.92 Å². The Morgan fingerprint density at radius 1 is 1.53 bits per heavy atom. The molecule has 15 heavy (non-hydrogen) atoms. The van der Waals surface area contributed by atoms with Crippen molar-refractivity contribution in [2.75, 3.05) is 5.21 Å². The van der Waals surface area contributed by atoms with Gasteiger partial charge >= 0.3 is 0 Å². The Labute approximate surface area is 98.7 Å². The molecule has 0 saturated carbocycles. The van der Waals surface area contributed by atoms with Crippen molar-refractivity contribution in [3.63, 3.8) is 0 Å². The van der Waals surface area contributed by atoms with Crippen molar-refractivity contribution in [1.29, 1.82) is 0 Å². The number of nitrogens with one attached hydrogen (secondary N) is 1. The Balaban J connectivity index is 2.86. The monoisotopic (exact) mass is 268 g/mol. The zero-order valence-electron chi connectivity index (χ0n) is 8.74. The van der Waals surface area contributed by atoms with Gasteiger partial charge in [0.05, 0.1) is 16.7 Å². The topological polar surface area (TPSA) is 59.1 Å². The molecule has 1 aromatic rings. The number of thiazole rings is 1. The zero-order chi connectivity index (χ0) is 11.6. The maximum Gasteiger partial charge on any atom is 0.226 e. The molecule has 0 aliphatic carbocycles. The molecule has 1 atom stereocenters. The molecule has 1 heterocycles. The smallest absolute Gasteiger partial charge is 0.226 e. The van der Waals surface area contributed by atoms with E-state index in [9.17, 15) is 8.42 Å². The quantitative estimate of drug-likeness (QED) is 0.849. The van der Waals surface area contributed by atoms with Gasteiger partial charge in [0, 0.05) is 4.88 Å². The van der Waals surface area contributed by atoms with Gasteiger partial charge in [0.25, 0.3) is 0 Å². The molecule has 1 N–H and O–H groups in total. The summed E-state index contributed by atoms with van der Waals surface area (Å²) in [6.07, 6.45) is 0. The van der Waals surface area contributed by atoms with Crippen molar-refractivity contribution in [1.82, 2.24) is 9.71 Å². The summed E-state index contributed by atoms with van der Waals surface area (Å²) < 4.78 is 25.0. The molecule has 0 bridgehead atoms. The minimum Gasteiger partial charge on any atom is -0.247 e. The van der Waals surface area contributed by atoms with Crippen LogP contribution in [0.4, 0.5) is 0 Å². The maximum atomic E-state index is 11.2. The second-order valence-corrected chi connectivity index (χ2v) is 6.82. The lowest BCUT2D eigenvalue weighted by molar-refractivity contribution is 0.572. The van der Waals surface area contributed by atoms with Gasteiger partial charge in [0.15, 0.2) is 0 Å². The van der Waals surface area contributed by atoms with E-state index in [1.165, 1.54) is 11.3 Å². The van der Waals surface area contributed by atoms with Gasteiger partial charge < -0.3 is 0 Å². The number of sulfonamides is 1. The maximum absolute atomic E-state index is 11.2. The third-order valence-electron chi connectivity index (χ3n) is 1.83. The summed E-state index contributed by atoms with van der Waals surface area (Å²) in [5, 5.41) is 0.508. The van der Waals surface area contributed by atoms with Crippen molar-refractivity contribution in [3.8, 4) is 0 Å². The summed E-state index contributed by atoms with van der Waals surface area (Å²) in [6.45, 7) is 5.54. The number of hydrogen-bond acceptors (Lipinski definition) is 4. The minimum atomic E-state index is -3.38. The number of nitrogens with zero attached hydrogens (tertiary/aromatic N) is 1. The second-order valence-electron chi connectivity index (χ2n) is 3.25. The van der Waals surface area contributed by atoms with Gasteiger partial charge in [-0.25, -0.2) is 18.1 Å². The van der Waals surface area contributed by atoms with Gasteiger partial charge in [-0.15, -0.1) is 22.9 Å². The van der Waals surface area contributed by atoms with Gasteiger partial charge in [-0.3, -0.25) is 0 Å². The predicted molar refractivity (Wildman–Crippen MR) is 62.8 cm³/mol. The molecule has 1 rings (SSSR count). The largest absolute Gasteiger partial charge is 0.247 e. The van der Waals surface area contributed by atoms with Crippen LogP contribution in [0.2, 0.25) is 0 Å². The summed E-state index contributed by atoms with van der Waals surface area (Å²) in [5.74, 6) is 0. The molecule has 7 heteroatoms. The number of hydrogen-bond donors (Lipinski definition) is 1. The third kappa shape index (κ3) is 3.41. The molecule has 0 saturated heterocycles. The van der Waals surface area contributed by atoms with E-state index in [-0.39, 0.29) is 6.04 Å². The van der Waals surface area contributed by atoms with Crippen LogP contribution < -0.4 is 4.72 Å². The molecule has 0 aliphatic rings. The lowest BCUT2D eigenvalue weighted by Crippen LogP contribution is -2.27. The molecule has 0 spiro atoms. The Bertz CT molecular complexity index is 441. The molecule has 86 valence electrons. The van der Waals surface area contributed by atoms with Gasteiger partial charge in [-0.2, -0.15) is 0 Å². The van der Waals surface area contributed by atoms with Crippen molar-refractivity contribution in [2.24, 2.45) is 0 Å². The van der Waals surface area contributed by atoms with E-state index >= 15 is 0 Å². The SMILES string of the molecule is Cc1nc(C)c(C(C)NS(=O)(=O)CCl)s1. The molecule has 0 aliphatic heterocycles. The molecular formula is C8H13ClN2O2S2. The van der Waals surface area contributed by atoms with Crippen LogP contribution in [-0.4, -0.2) is 18.6 Å². The van der Waals surface area contributed by atoms with E-state index in [2.05, 4.69) is 9.71 Å². The van der Waals surface area contributed by atoms with E-state index in [0.29, 0.717) is 0 Å². The molecule has 0 radical (unpaired) electrons. The van der Waals surface area contributed by atoms with Crippen molar-refractivity contribution < 1.29 is 8.42 Å². The Hall–Kier alpha value is -0.170. The van der Waals surface area contributed by atoms with Gasteiger partial charge in [0.1, 0.15) is 5.21 Å². The fraction of sp³-hybridized carbons (Fsp3) is 0.625. The highest BCUT2D eigenvalue weighted by atomic mass is 35.5. The van der Waals surface area contributed by atoms with E-state index in [1.807, 2.05) is 13.8 Å². The summed E-state index contributed by atoms with van der Waals surface area (Å²) in [6, 6.07) is -0.278. The Morgan fingerprint density at radius 3 is 2.53 bits per heavy atom. The third-order valence-corrected chi connectivity index (χ3v) is 4.95. The van der Waals surface area contributed by atoms with Crippen LogP contribution in [-0.2, 0) is 10.0 Å². The number of alkyl halides is 1. The van der Waals surface area contributed by atoms with Crippen LogP contribution in [0.1, 0.15) is 28.5 Å². The average Bonchev–Trinajstić information content (AvgIpc) is 2.45. The second kappa shape index (κ2) is 4.78. The summed E-state index contributed by atoms with van der Waals surface area (Å²) >= 11 is 6.80. The number of aromatic nitrogens is 1. The number of aryl methyl sites for hydroxylation is 2. The number of halogens is 1. The Kier molecular flexibility index (Phi) is 4.11. The van der Waals surface area contributed by atoms with Crippen molar-refractivity contribution in [3.05, 3.63) is 15.6 Å². The first-order valence-electron chi connectivity index (χ1n) is 4.35. The van der Waals surface area contributed by atoms with Crippen molar-refractivity contribution in [2.45, 2.75) is 26.8 Å². The fourth-order valence-corrected chi connectivity index (χ4v) is 3.22. The molecular weight excluding hydrogens is 256 g/mol. The molecule has 0 amide bonds. The zero-order valence-corrected chi connectivity index (χ0v) is 11.1. The molecule has 1 unspecified atom stereocenters. The highest BCUT2D eigenvalue weighted by Crippen LogP contribution is 2.24.